The van der Waals surface area contributed by atoms with E-state index in [0.717, 1.165) is 13.0 Å². The quantitative estimate of drug-likeness (QED) is 0.817. The third-order valence-corrected chi connectivity index (χ3v) is 7.74. The number of nitrogens with zero attached hydrogens (tertiary/aromatic N) is 1. The predicted molar refractivity (Wildman–Crippen MR) is 101 cm³/mol. The molecule has 2 rings (SSSR count). The van der Waals surface area contributed by atoms with Crippen molar-refractivity contribution in [2.75, 3.05) is 20.6 Å². The van der Waals surface area contributed by atoms with E-state index in [1.54, 1.807) is 0 Å². The molecule has 0 aliphatic heterocycles. The Bertz CT molecular complexity index is 553. The van der Waals surface area contributed by atoms with Gasteiger partial charge in [0, 0.05) is 17.6 Å². The van der Waals surface area contributed by atoms with E-state index in [2.05, 4.69) is 88.2 Å². The summed E-state index contributed by atoms with van der Waals surface area (Å²) in [6, 6.07) is 9.00. The smallest absolute Gasteiger partial charge is 0.131 e. The van der Waals surface area contributed by atoms with Crippen LogP contribution < -0.4 is 4.98 Å². The molecule has 0 heterocycles. The highest BCUT2D eigenvalue weighted by atomic mass is 28.3. The van der Waals surface area contributed by atoms with Crippen LogP contribution in [0.1, 0.15) is 43.9 Å². The van der Waals surface area contributed by atoms with E-state index < -0.39 is 8.24 Å². The lowest BCUT2D eigenvalue weighted by Crippen LogP contribution is -2.57. The first-order valence-corrected chi connectivity index (χ1v) is 11.4. The fourth-order valence-electron chi connectivity index (χ4n) is 3.64. The Labute approximate surface area is 137 Å². The molecule has 0 bridgehead atoms. The summed E-state index contributed by atoms with van der Waals surface area (Å²) in [5.41, 5.74) is 5.28. The molecule has 22 heavy (non-hydrogen) atoms. The fraction of sp³-hybridized carbons (Fsp3) is 0.579. The van der Waals surface area contributed by atoms with Gasteiger partial charge in [-0.1, -0.05) is 43.4 Å². The highest BCUT2D eigenvalue weighted by Crippen LogP contribution is 2.41. The van der Waals surface area contributed by atoms with Crippen LogP contribution in [-0.2, 0) is 0 Å². The van der Waals surface area contributed by atoms with Gasteiger partial charge in [-0.3, -0.25) is 0 Å². The molecule has 0 fully saturated rings. The Morgan fingerprint density at radius 2 is 1.77 bits per heavy atom. The molecule has 1 aromatic carbocycles. The number of allylic oxidation sites excluding steroid dienone is 1. The van der Waals surface area contributed by atoms with Gasteiger partial charge in [0.1, 0.15) is 8.24 Å². The largest absolute Gasteiger partial charge is 0.332 e. The van der Waals surface area contributed by atoms with E-state index in [-0.39, 0.29) is 5.54 Å². The first-order valence-electron chi connectivity index (χ1n) is 8.34. The summed E-state index contributed by atoms with van der Waals surface area (Å²) < 4.78 is 0. The zero-order valence-electron chi connectivity index (χ0n) is 15.3. The summed E-state index contributed by atoms with van der Waals surface area (Å²) in [6.45, 7) is 12.9. The summed E-state index contributed by atoms with van der Waals surface area (Å²) in [5.74, 6) is 0. The van der Waals surface area contributed by atoms with Gasteiger partial charge in [0.25, 0.3) is 0 Å². The highest BCUT2D eigenvalue weighted by molar-refractivity contribution is 6.77. The Kier molecular flexibility index (Phi) is 5.00. The molecule has 122 valence electrons. The highest BCUT2D eigenvalue weighted by Gasteiger charge is 2.39. The monoisotopic (exact) mass is 316 g/mol. The number of benzene rings is 1. The van der Waals surface area contributed by atoms with Crippen LogP contribution in [0.2, 0.25) is 13.1 Å². The van der Waals surface area contributed by atoms with E-state index >= 15 is 0 Å². The lowest BCUT2D eigenvalue weighted by Gasteiger charge is -2.37. The molecule has 0 spiro atoms. The maximum Gasteiger partial charge on any atom is 0.131 e. The third kappa shape index (κ3) is 4.09. The minimum Gasteiger partial charge on any atom is -0.332 e. The summed E-state index contributed by atoms with van der Waals surface area (Å²) in [4.78, 5) is 6.22. The van der Waals surface area contributed by atoms with Gasteiger partial charge in [-0.15, -0.1) is 0 Å². The Morgan fingerprint density at radius 1 is 1.14 bits per heavy atom. The van der Waals surface area contributed by atoms with Crippen molar-refractivity contribution in [1.29, 1.82) is 0 Å². The Morgan fingerprint density at radius 3 is 2.36 bits per heavy atom. The SMILES string of the molecule is CN(C)CCC1=CC([Si](C)(C)NC(C)(C)C)c2ccccc21. The minimum absolute atomic E-state index is 0.172. The molecule has 0 amide bonds. The Balaban J connectivity index is 2.32. The lowest BCUT2D eigenvalue weighted by atomic mass is 10.0. The molecular weight excluding hydrogens is 284 g/mol. The third-order valence-electron chi connectivity index (χ3n) is 4.31. The van der Waals surface area contributed by atoms with Gasteiger partial charge in [-0.25, -0.2) is 0 Å². The first-order chi connectivity index (χ1) is 10.1. The van der Waals surface area contributed by atoms with E-state index in [9.17, 15) is 0 Å². The number of fused-ring (bicyclic) bond motifs is 1. The molecule has 1 aromatic rings. The molecule has 3 heteroatoms. The van der Waals surface area contributed by atoms with Gasteiger partial charge < -0.3 is 9.88 Å². The molecule has 0 radical (unpaired) electrons. The molecule has 1 unspecified atom stereocenters. The maximum atomic E-state index is 3.95. The Hall–Kier alpha value is -0.903. The number of rotatable bonds is 5. The van der Waals surface area contributed by atoms with Crippen LogP contribution in [-0.4, -0.2) is 39.3 Å². The molecule has 0 saturated heterocycles. The molecule has 1 N–H and O–H groups in total. The van der Waals surface area contributed by atoms with Gasteiger partial charge in [0.2, 0.25) is 0 Å². The number of hydrogen-bond acceptors (Lipinski definition) is 2. The van der Waals surface area contributed by atoms with Gasteiger partial charge in [0.15, 0.2) is 0 Å². The number of nitrogens with one attached hydrogen (secondary N) is 1. The van der Waals surface area contributed by atoms with Crippen LogP contribution in [0.15, 0.2) is 30.3 Å². The van der Waals surface area contributed by atoms with Crippen molar-refractivity contribution in [1.82, 2.24) is 9.88 Å². The molecule has 1 atom stereocenters. The zero-order valence-corrected chi connectivity index (χ0v) is 16.3. The topological polar surface area (TPSA) is 15.3 Å². The van der Waals surface area contributed by atoms with Gasteiger partial charge in [-0.2, -0.15) is 0 Å². The number of hydrogen-bond donors (Lipinski definition) is 1. The second kappa shape index (κ2) is 6.30. The molecule has 1 aliphatic carbocycles. The normalized spacial score (nSPS) is 18.5. The summed E-state index contributed by atoms with van der Waals surface area (Å²) in [7, 11) is 2.71. The predicted octanol–water partition coefficient (Wildman–Crippen LogP) is 4.25. The van der Waals surface area contributed by atoms with Crippen molar-refractivity contribution in [2.24, 2.45) is 0 Å². The lowest BCUT2D eigenvalue weighted by molar-refractivity contribution is 0.419. The van der Waals surface area contributed by atoms with Crippen molar-refractivity contribution in [2.45, 2.75) is 51.4 Å². The van der Waals surface area contributed by atoms with E-state index in [4.69, 9.17) is 0 Å². The van der Waals surface area contributed by atoms with Crippen molar-refractivity contribution in [3.05, 3.63) is 41.5 Å². The van der Waals surface area contributed by atoms with E-state index in [1.165, 1.54) is 16.7 Å². The molecule has 0 aromatic heterocycles. The maximum absolute atomic E-state index is 3.95. The van der Waals surface area contributed by atoms with Crippen LogP contribution in [0.25, 0.3) is 5.57 Å². The fourth-order valence-corrected chi connectivity index (χ4v) is 7.38. The molecular formula is C19H32N2Si. The van der Waals surface area contributed by atoms with Gasteiger partial charge in [0.05, 0.1) is 0 Å². The second-order valence-corrected chi connectivity index (χ2v) is 12.7. The van der Waals surface area contributed by atoms with Gasteiger partial charge in [-0.05, 0) is 58.0 Å². The summed E-state index contributed by atoms with van der Waals surface area (Å²) in [6.07, 6.45) is 3.69. The zero-order chi connectivity index (χ0) is 16.5. The van der Waals surface area contributed by atoms with Crippen molar-refractivity contribution >= 4 is 13.8 Å². The molecule has 1 aliphatic rings. The molecule has 2 nitrogen and oxygen atoms in total. The molecule has 0 saturated carbocycles. The summed E-state index contributed by atoms with van der Waals surface area (Å²) in [5, 5.41) is 0. The second-order valence-electron chi connectivity index (χ2n) is 8.41. The van der Waals surface area contributed by atoms with Crippen LogP contribution in [0.3, 0.4) is 0 Å². The average molecular weight is 317 g/mol. The average Bonchev–Trinajstić information content (AvgIpc) is 2.73. The van der Waals surface area contributed by atoms with Crippen LogP contribution in [0.4, 0.5) is 0 Å². The van der Waals surface area contributed by atoms with Crippen molar-refractivity contribution in [3.8, 4) is 0 Å². The van der Waals surface area contributed by atoms with E-state index in [1.807, 2.05) is 0 Å². The van der Waals surface area contributed by atoms with Crippen molar-refractivity contribution in [3.63, 3.8) is 0 Å². The van der Waals surface area contributed by atoms with Crippen LogP contribution in [0.5, 0.6) is 0 Å². The van der Waals surface area contributed by atoms with Crippen molar-refractivity contribution < 1.29 is 0 Å². The first kappa shape index (κ1) is 17.5. The van der Waals surface area contributed by atoms with Gasteiger partial charge >= 0.3 is 0 Å². The van der Waals surface area contributed by atoms with Crippen LogP contribution in [0, 0.1) is 0 Å². The standard InChI is InChI=1S/C19H32N2Si/c1-19(2,3)20-22(6,7)18-14-15(12-13-21(4)5)16-10-8-9-11-17(16)18/h8-11,14,18,20H,12-13H2,1-7H3. The van der Waals surface area contributed by atoms with E-state index in [0.29, 0.717) is 5.54 Å². The van der Waals surface area contributed by atoms with Crippen LogP contribution >= 0.6 is 0 Å². The minimum atomic E-state index is -1.59. The summed E-state index contributed by atoms with van der Waals surface area (Å²) >= 11 is 0.